The molecule has 1 N–H and O–H groups in total. The van der Waals surface area contributed by atoms with E-state index in [1.807, 2.05) is 6.08 Å². The van der Waals surface area contributed by atoms with Gasteiger partial charge in [0.25, 0.3) is 0 Å². The van der Waals surface area contributed by atoms with Crippen LogP contribution in [0.5, 0.6) is 0 Å². The molecule has 0 spiro atoms. The molecule has 0 aromatic rings. The number of rotatable bonds is 1. The first-order valence-corrected chi connectivity index (χ1v) is 10.0. The number of carbonyl (C=O) groups is 1. The molecule has 0 unspecified atom stereocenters. The lowest BCUT2D eigenvalue weighted by Crippen LogP contribution is -2.52. The molecular formula is C22H31FO2. The zero-order chi connectivity index (χ0) is 18.0. The Bertz CT molecular complexity index is 663. The Hall–Kier alpha value is -0.960. The SMILES string of the molecule is C[C@H]1CC2=CC(=O)CC[C@]2(C)[C@H]2CC[C@]3(C)C(=C(F)CO)CC[C@H]3[C@H]12. The largest absolute Gasteiger partial charge is 0.389 e. The van der Waals surface area contributed by atoms with Gasteiger partial charge in [0.1, 0.15) is 5.83 Å². The van der Waals surface area contributed by atoms with E-state index < -0.39 is 6.61 Å². The molecule has 0 saturated heterocycles. The van der Waals surface area contributed by atoms with E-state index in [0.717, 1.165) is 44.1 Å². The summed E-state index contributed by atoms with van der Waals surface area (Å²) in [4.78, 5) is 12.0. The normalized spacial score (nSPS) is 48.4. The van der Waals surface area contributed by atoms with Gasteiger partial charge < -0.3 is 5.11 Å². The molecule has 3 saturated carbocycles. The fourth-order valence-electron chi connectivity index (χ4n) is 7.26. The Labute approximate surface area is 150 Å². The standard InChI is InChI=1S/C22H31FO2/c1-13-10-14-11-15(25)6-8-21(14,2)18-7-9-22(3)16(19(23)12-24)4-5-17(22)20(13)18/h11,13,17-18,20,24H,4-10,12H2,1-3H3/t13-,17-,18-,20-,21-,22+/m0/s1. The van der Waals surface area contributed by atoms with Gasteiger partial charge in [-0.1, -0.05) is 26.3 Å². The van der Waals surface area contributed by atoms with Gasteiger partial charge in [-0.2, -0.15) is 0 Å². The molecule has 0 aromatic carbocycles. The molecule has 25 heavy (non-hydrogen) atoms. The third-order valence-corrected chi connectivity index (χ3v) is 8.56. The minimum atomic E-state index is -0.450. The van der Waals surface area contributed by atoms with Gasteiger partial charge in [-0.05, 0) is 84.7 Å². The number of halogens is 1. The van der Waals surface area contributed by atoms with E-state index in [1.54, 1.807) is 0 Å². The fourth-order valence-corrected chi connectivity index (χ4v) is 7.26. The Morgan fingerprint density at radius 1 is 1.20 bits per heavy atom. The predicted molar refractivity (Wildman–Crippen MR) is 96.5 cm³/mol. The Morgan fingerprint density at radius 2 is 1.92 bits per heavy atom. The van der Waals surface area contributed by atoms with E-state index in [-0.39, 0.29) is 16.7 Å². The van der Waals surface area contributed by atoms with Crippen LogP contribution in [0.25, 0.3) is 0 Å². The van der Waals surface area contributed by atoms with Gasteiger partial charge in [-0.3, -0.25) is 4.79 Å². The minimum absolute atomic E-state index is 0.0791. The first kappa shape index (κ1) is 17.5. The highest BCUT2D eigenvalue weighted by Crippen LogP contribution is 2.68. The molecule has 138 valence electrons. The number of hydrogen-bond donors (Lipinski definition) is 1. The van der Waals surface area contributed by atoms with Crippen molar-refractivity contribution in [2.24, 2.45) is 34.5 Å². The number of aliphatic hydroxyl groups excluding tert-OH is 1. The number of ketones is 1. The minimum Gasteiger partial charge on any atom is -0.389 e. The van der Waals surface area contributed by atoms with Gasteiger partial charge in [-0.25, -0.2) is 4.39 Å². The van der Waals surface area contributed by atoms with Crippen LogP contribution in [0.3, 0.4) is 0 Å². The van der Waals surface area contributed by atoms with E-state index in [2.05, 4.69) is 20.8 Å². The highest BCUT2D eigenvalue weighted by atomic mass is 19.1. The van der Waals surface area contributed by atoms with Crippen molar-refractivity contribution in [3.63, 3.8) is 0 Å². The van der Waals surface area contributed by atoms with Gasteiger partial charge in [0.2, 0.25) is 0 Å². The highest BCUT2D eigenvalue weighted by molar-refractivity contribution is 5.91. The van der Waals surface area contributed by atoms with Crippen LogP contribution in [-0.2, 0) is 4.79 Å². The molecule has 4 aliphatic carbocycles. The Balaban J connectivity index is 1.73. The second-order valence-corrected chi connectivity index (χ2v) is 9.56. The molecule has 4 rings (SSSR count). The monoisotopic (exact) mass is 346 g/mol. The van der Waals surface area contributed by atoms with Crippen LogP contribution in [0.4, 0.5) is 4.39 Å². The van der Waals surface area contributed by atoms with Gasteiger partial charge >= 0.3 is 0 Å². The third-order valence-electron chi connectivity index (χ3n) is 8.56. The number of aliphatic hydroxyl groups is 1. The zero-order valence-electron chi connectivity index (χ0n) is 15.8. The molecule has 0 heterocycles. The topological polar surface area (TPSA) is 37.3 Å². The Morgan fingerprint density at radius 3 is 2.64 bits per heavy atom. The van der Waals surface area contributed by atoms with Crippen molar-refractivity contribution < 1.29 is 14.3 Å². The molecule has 0 radical (unpaired) electrons. The first-order valence-electron chi connectivity index (χ1n) is 10.0. The van der Waals surface area contributed by atoms with Crippen molar-refractivity contribution in [2.75, 3.05) is 6.61 Å². The van der Waals surface area contributed by atoms with Crippen LogP contribution in [0.15, 0.2) is 23.0 Å². The number of carbonyl (C=O) groups excluding carboxylic acids is 1. The summed E-state index contributed by atoms with van der Waals surface area (Å²) >= 11 is 0. The summed E-state index contributed by atoms with van der Waals surface area (Å²) < 4.78 is 14.3. The molecule has 0 aliphatic heterocycles. The van der Waals surface area contributed by atoms with E-state index in [9.17, 15) is 14.3 Å². The quantitative estimate of drug-likeness (QED) is 0.727. The second-order valence-electron chi connectivity index (χ2n) is 9.56. The fraction of sp³-hybridized carbons (Fsp3) is 0.773. The molecule has 0 amide bonds. The van der Waals surface area contributed by atoms with E-state index in [4.69, 9.17) is 0 Å². The molecule has 6 atom stereocenters. The maximum Gasteiger partial charge on any atom is 0.155 e. The maximum atomic E-state index is 14.3. The summed E-state index contributed by atoms with van der Waals surface area (Å²) in [5, 5.41) is 9.33. The number of allylic oxidation sites excluding steroid dienone is 2. The van der Waals surface area contributed by atoms with Crippen molar-refractivity contribution in [2.45, 2.75) is 65.7 Å². The summed E-state index contributed by atoms with van der Waals surface area (Å²) in [6, 6.07) is 0. The lowest BCUT2D eigenvalue weighted by molar-refractivity contribution is -0.117. The van der Waals surface area contributed by atoms with Crippen LogP contribution >= 0.6 is 0 Å². The summed E-state index contributed by atoms with van der Waals surface area (Å²) in [6.45, 7) is 6.52. The summed E-state index contributed by atoms with van der Waals surface area (Å²) in [5.41, 5.74) is 2.37. The lowest BCUT2D eigenvalue weighted by Gasteiger charge is -2.59. The van der Waals surface area contributed by atoms with Gasteiger partial charge in [-0.15, -0.1) is 0 Å². The van der Waals surface area contributed by atoms with Gasteiger partial charge in [0.15, 0.2) is 5.78 Å². The van der Waals surface area contributed by atoms with E-state index in [1.165, 1.54) is 5.57 Å². The molecule has 3 fully saturated rings. The average Bonchev–Trinajstić information content (AvgIpc) is 2.93. The third kappa shape index (κ3) is 2.34. The average molecular weight is 346 g/mol. The van der Waals surface area contributed by atoms with Crippen LogP contribution < -0.4 is 0 Å². The molecule has 4 aliphatic rings. The van der Waals surface area contributed by atoms with Crippen LogP contribution in [0, 0.1) is 34.5 Å². The van der Waals surface area contributed by atoms with Crippen molar-refractivity contribution in [3.05, 3.63) is 23.0 Å². The molecule has 2 nitrogen and oxygen atoms in total. The molecular weight excluding hydrogens is 315 g/mol. The zero-order valence-corrected chi connectivity index (χ0v) is 15.8. The summed E-state index contributed by atoms with van der Waals surface area (Å²) in [7, 11) is 0. The highest BCUT2D eigenvalue weighted by Gasteiger charge is 2.59. The second kappa shape index (κ2) is 5.77. The van der Waals surface area contributed by atoms with Crippen molar-refractivity contribution in [3.8, 4) is 0 Å². The predicted octanol–water partition coefficient (Wildman–Crippen LogP) is 4.98. The summed E-state index contributed by atoms with van der Waals surface area (Å²) in [6.07, 6.45) is 8.65. The van der Waals surface area contributed by atoms with E-state index >= 15 is 0 Å². The van der Waals surface area contributed by atoms with Gasteiger partial charge in [0.05, 0.1) is 6.61 Å². The van der Waals surface area contributed by atoms with Gasteiger partial charge in [0, 0.05) is 6.42 Å². The Kier molecular flexibility index (Phi) is 4.03. The molecule has 0 aromatic heterocycles. The van der Waals surface area contributed by atoms with Crippen molar-refractivity contribution >= 4 is 5.78 Å². The molecule has 0 bridgehead atoms. The van der Waals surface area contributed by atoms with Crippen LogP contribution in [0.1, 0.15) is 65.7 Å². The summed E-state index contributed by atoms with van der Waals surface area (Å²) in [5.74, 6) is 2.32. The van der Waals surface area contributed by atoms with Crippen LogP contribution in [-0.4, -0.2) is 17.5 Å². The maximum absolute atomic E-state index is 14.3. The van der Waals surface area contributed by atoms with E-state index in [0.29, 0.717) is 35.9 Å². The van der Waals surface area contributed by atoms with Crippen LogP contribution in [0.2, 0.25) is 0 Å². The molecule has 3 heteroatoms. The smallest absolute Gasteiger partial charge is 0.155 e. The number of hydrogen-bond acceptors (Lipinski definition) is 2. The first-order chi connectivity index (χ1) is 11.8. The number of fused-ring (bicyclic) bond motifs is 5. The lowest BCUT2D eigenvalue weighted by atomic mass is 9.45. The van der Waals surface area contributed by atoms with Crippen molar-refractivity contribution in [1.29, 1.82) is 0 Å². The van der Waals surface area contributed by atoms with Crippen molar-refractivity contribution in [1.82, 2.24) is 0 Å².